The molecule has 32 heavy (non-hydrogen) atoms. The van der Waals surface area contributed by atoms with Crippen LogP contribution in [0.15, 0.2) is 41.5 Å². The number of benzene rings is 2. The van der Waals surface area contributed by atoms with Gasteiger partial charge in [-0.05, 0) is 36.0 Å². The summed E-state index contributed by atoms with van der Waals surface area (Å²) in [5.74, 6) is 2.06. The van der Waals surface area contributed by atoms with Crippen molar-refractivity contribution in [2.75, 3.05) is 21.3 Å². The van der Waals surface area contributed by atoms with Crippen molar-refractivity contribution in [3.63, 3.8) is 0 Å². The molecule has 172 valence electrons. The molecule has 1 aliphatic rings. The second-order valence-corrected chi connectivity index (χ2v) is 8.15. The van der Waals surface area contributed by atoms with Gasteiger partial charge < -0.3 is 14.2 Å². The maximum Gasteiger partial charge on any atom is 0.258 e. The van der Waals surface area contributed by atoms with E-state index in [0.717, 1.165) is 12.0 Å². The van der Waals surface area contributed by atoms with Crippen molar-refractivity contribution in [3.05, 3.63) is 53.1 Å². The lowest BCUT2D eigenvalue weighted by atomic mass is 9.97. The summed E-state index contributed by atoms with van der Waals surface area (Å²) in [4.78, 5) is 12.6. The quantitative estimate of drug-likeness (QED) is 0.410. The summed E-state index contributed by atoms with van der Waals surface area (Å²) in [6.07, 6.45) is 3.21. The average Bonchev–Trinajstić information content (AvgIpc) is 3.29. The lowest BCUT2D eigenvalue weighted by molar-refractivity contribution is -0.122. The van der Waals surface area contributed by atoms with Crippen LogP contribution in [0.25, 0.3) is 0 Å². The van der Waals surface area contributed by atoms with Crippen molar-refractivity contribution >= 4 is 12.1 Å². The fourth-order valence-corrected chi connectivity index (χ4v) is 3.70. The number of nitrogens with one attached hydrogen (secondary N) is 3. The van der Waals surface area contributed by atoms with Crippen LogP contribution in [-0.2, 0) is 11.2 Å². The molecule has 1 amide bonds. The second kappa shape index (κ2) is 11.0. The topological polar surface area (TPSA) is 93.2 Å². The van der Waals surface area contributed by atoms with Gasteiger partial charge in [-0.1, -0.05) is 38.1 Å². The van der Waals surface area contributed by atoms with Gasteiger partial charge in [0, 0.05) is 17.7 Å². The first-order chi connectivity index (χ1) is 15.4. The number of rotatable bonds is 9. The first-order valence-corrected chi connectivity index (χ1v) is 10.7. The molecule has 2 unspecified atom stereocenters. The smallest absolute Gasteiger partial charge is 0.258 e. The highest BCUT2D eigenvalue weighted by Crippen LogP contribution is 2.33. The van der Waals surface area contributed by atoms with Crippen LogP contribution in [0.3, 0.4) is 0 Å². The van der Waals surface area contributed by atoms with Crippen molar-refractivity contribution in [1.29, 1.82) is 0 Å². The van der Waals surface area contributed by atoms with E-state index >= 15 is 0 Å². The van der Waals surface area contributed by atoms with Gasteiger partial charge in [-0.15, -0.1) is 0 Å². The van der Waals surface area contributed by atoms with E-state index in [0.29, 0.717) is 35.2 Å². The van der Waals surface area contributed by atoms with E-state index in [9.17, 15) is 4.79 Å². The minimum atomic E-state index is -0.389. The summed E-state index contributed by atoms with van der Waals surface area (Å²) in [6, 6.07) is 11.7. The highest BCUT2D eigenvalue weighted by molar-refractivity contribution is 5.87. The highest BCUT2D eigenvalue weighted by atomic mass is 16.5. The van der Waals surface area contributed by atoms with Crippen LogP contribution in [-0.4, -0.2) is 39.5 Å². The molecule has 1 saturated heterocycles. The lowest BCUT2D eigenvalue weighted by Gasteiger charge is -2.12. The maximum absolute atomic E-state index is 12.6. The Kier molecular flexibility index (Phi) is 8.08. The molecule has 2 aromatic carbocycles. The number of hydrogen-bond donors (Lipinski definition) is 3. The number of carbonyl (C=O) groups excluding carboxylic acids is 1. The molecule has 3 N–H and O–H groups in total. The summed E-state index contributed by atoms with van der Waals surface area (Å²) in [5, 5.41) is 4.09. The molecule has 0 saturated carbocycles. The molecule has 8 nitrogen and oxygen atoms in total. The van der Waals surface area contributed by atoms with E-state index in [1.165, 1.54) is 11.8 Å². The molecule has 8 heteroatoms. The van der Waals surface area contributed by atoms with Crippen LogP contribution in [0.1, 0.15) is 43.0 Å². The zero-order valence-corrected chi connectivity index (χ0v) is 19.3. The first-order valence-electron chi connectivity index (χ1n) is 10.7. The zero-order valence-electron chi connectivity index (χ0n) is 19.3. The maximum atomic E-state index is 12.6. The molecule has 0 aliphatic carbocycles. The van der Waals surface area contributed by atoms with Crippen LogP contribution in [0.2, 0.25) is 0 Å². The van der Waals surface area contributed by atoms with Crippen molar-refractivity contribution in [2.45, 2.75) is 38.8 Å². The Morgan fingerprint density at radius 2 is 1.72 bits per heavy atom. The van der Waals surface area contributed by atoms with Gasteiger partial charge in [0.2, 0.25) is 0 Å². The molecule has 1 aliphatic heterocycles. The van der Waals surface area contributed by atoms with Crippen molar-refractivity contribution < 1.29 is 19.0 Å². The highest BCUT2D eigenvalue weighted by Gasteiger charge is 2.30. The lowest BCUT2D eigenvalue weighted by Crippen LogP contribution is -2.41. The Balaban J connectivity index is 1.58. The summed E-state index contributed by atoms with van der Waals surface area (Å²) in [5.41, 5.74) is 12.0. The molecule has 1 heterocycles. The van der Waals surface area contributed by atoms with Crippen molar-refractivity contribution in [1.82, 2.24) is 16.3 Å². The minimum absolute atomic E-state index is 0.0637. The number of amides is 1. The molecule has 0 aromatic heterocycles. The Bertz CT molecular complexity index is 944. The van der Waals surface area contributed by atoms with Gasteiger partial charge in [0.25, 0.3) is 5.91 Å². The fraction of sp³-hybridized carbons (Fsp3) is 0.417. The summed E-state index contributed by atoms with van der Waals surface area (Å²) < 4.78 is 16.0. The monoisotopic (exact) mass is 440 g/mol. The van der Waals surface area contributed by atoms with Crippen LogP contribution in [0.5, 0.6) is 17.2 Å². The molecule has 1 fully saturated rings. The van der Waals surface area contributed by atoms with E-state index in [2.05, 4.69) is 59.5 Å². The Hall–Kier alpha value is -3.10. The summed E-state index contributed by atoms with van der Waals surface area (Å²) in [6.45, 7) is 4.42. The van der Waals surface area contributed by atoms with Crippen LogP contribution in [0.4, 0.5) is 0 Å². The molecule has 2 atom stereocenters. The predicted octanol–water partition coefficient (Wildman–Crippen LogP) is 2.97. The number of nitrogens with zero attached hydrogens (tertiary/aromatic N) is 1. The molecule has 3 rings (SSSR count). The van der Waals surface area contributed by atoms with Gasteiger partial charge >= 0.3 is 0 Å². The summed E-state index contributed by atoms with van der Waals surface area (Å²) in [7, 11) is 4.67. The van der Waals surface area contributed by atoms with Gasteiger partial charge in [-0.2, -0.15) is 5.10 Å². The number of hydrazone groups is 1. The van der Waals surface area contributed by atoms with Gasteiger partial charge in [0.1, 0.15) is 11.8 Å². The standard InChI is InChI=1S/C24H32N4O4/c1-15(2)10-16-6-8-17(9-7-16)19-12-20(27-26-19)24(29)28-25-14-18-11-22(31-4)23(32-5)13-21(18)30-3/h6-9,11,13-15,19-20,26-27H,10,12H2,1-5H3,(H,28,29)/b25-14+. The van der Waals surface area contributed by atoms with Crippen molar-refractivity contribution in [2.24, 2.45) is 11.0 Å². The predicted molar refractivity (Wildman–Crippen MR) is 124 cm³/mol. The van der Waals surface area contributed by atoms with E-state index in [1.807, 2.05) is 0 Å². The third kappa shape index (κ3) is 5.77. The summed E-state index contributed by atoms with van der Waals surface area (Å²) >= 11 is 0. The fourth-order valence-electron chi connectivity index (χ4n) is 3.70. The first kappa shape index (κ1) is 23.6. The van der Waals surface area contributed by atoms with E-state index < -0.39 is 0 Å². The number of carbonyl (C=O) groups is 1. The Morgan fingerprint density at radius 1 is 1.06 bits per heavy atom. The normalized spacial score (nSPS) is 18.2. The molecular weight excluding hydrogens is 408 g/mol. The third-order valence-electron chi connectivity index (χ3n) is 5.36. The van der Waals surface area contributed by atoms with Crippen LogP contribution in [0, 0.1) is 5.92 Å². The number of methoxy groups -OCH3 is 3. The minimum Gasteiger partial charge on any atom is -0.496 e. The number of hydrazine groups is 1. The second-order valence-electron chi connectivity index (χ2n) is 8.15. The van der Waals surface area contributed by atoms with Gasteiger partial charge in [-0.3, -0.25) is 4.79 Å². The van der Waals surface area contributed by atoms with Crippen LogP contribution >= 0.6 is 0 Å². The number of ether oxygens (including phenoxy) is 3. The zero-order chi connectivity index (χ0) is 23.1. The Labute approximate surface area is 189 Å². The average molecular weight is 441 g/mol. The van der Waals surface area contributed by atoms with E-state index in [4.69, 9.17) is 14.2 Å². The molecule has 2 aromatic rings. The van der Waals surface area contributed by atoms with Crippen LogP contribution < -0.4 is 30.5 Å². The van der Waals surface area contributed by atoms with E-state index in [1.54, 1.807) is 33.5 Å². The van der Waals surface area contributed by atoms with Gasteiger partial charge in [0.15, 0.2) is 11.5 Å². The number of hydrogen-bond acceptors (Lipinski definition) is 7. The Morgan fingerprint density at radius 3 is 2.34 bits per heavy atom. The van der Waals surface area contributed by atoms with Gasteiger partial charge in [0.05, 0.1) is 27.5 Å². The SMILES string of the molecule is COc1cc(OC)c(OC)cc1/C=N/NC(=O)C1CC(c2ccc(CC(C)C)cc2)NN1. The third-order valence-corrected chi connectivity index (χ3v) is 5.36. The van der Waals surface area contributed by atoms with Crippen molar-refractivity contribution in [3.8, 4) is 17.2 Å². The molecule has 0 radical (unpaired) electrons. The van der Waals surface area contributed by atoms with E-state index in [-0.39, 0.29) is 18.0 Å². The molecule has 0 spiro atoms. The largest absolute Gasteiger partial charge is 0.496 e. The molecular formula is C24H32N4O4. The molecule has 0 bridgehead atoms. The van der Waals surface area contributed by atoms with Gasteiger partial charge in [-0.25, -0.2) is 16.3 Å².